The Hall–Kier alpha value is -0.910. The maximum atomic E-state index is 12.5. The fraction of sp³-hybridized carbons (Fsp3) is 0.867. The first-order valence-corrected chi connectivity index (χ1v) is 9.13. The van der Waals surface area contributed by atoms with Crippen LogP contribution in [0.15, 0.2) is 0 Å². The molecule has 1 aliphatic carbocycles. The summed E-state index contributed by atoms with van der Waals surface area (Å²) in [5.41, 5.74) is -1.08. The predicted molar refractivity (Wildman–Crippen MR) is 86.8 cm³/mol. The summed E-state index contributed by atoms with van der Waals surface area (Å²) in [4.78, 5) is 25.8. The number of thioether (sulfide) groups is 1. The van der Waals surface area contributed by atoms with E-state index in [2.05, 4.69) is 5.32 Å². The van der Waals surface area contributed by atoms with Gasteiger partial charge in [-0.2, -0.15) is 11.8 Å². The minimum absolute atomic E-state index is 0.136. The van der Waals surface area contributed by atoms with Gasteiger partial charge >= 0.3 is 12.0 Å². The molecule has 0 saturated heterocycles. The van der Waals surface area contributed by atoms with Crippen molar-refractivity contribution in [2.24, 2.45) is 0 Å². The van der Waals surface area contributed by atoms with E-state index >= 15 is 0 Å². The van der Waals surface area contributed by atoms with Crippen LogP contribution in [0, 0.1) is 0 Å². The van der Waals surface area contributed by atoms with E-state index in [0.717, 1.165) is 37.9 Å². The molecule has 2 amide bonds. The molecule has 1 unspecified atom stereocenters. The van der Waals surface area contributed by atoms with Gasteiger partial charge in [0.15, 0.2) is 0 Å². The smallest absolute Gasteiger partial charge is 0.329 e. The van der Waals surface area contributed by atoms with Crippen LogP contribution in [-0.2, 0) is 4.79 Å². The van der Waals surface area contributed by atoms with Gasteiger partial charge in [0.05, 0.1) is 0 Å². The molecule has 1 rings (SSSR count). The van der Waals surface area contributed by atoms with Crippen LogP contribution in [0.3, 0.4) is 0 Å². The second-order valence-electron chi connectivity index (χ2n) is 5.86. The van der Waals surface area contributed by atoms with Gasteiger partial charge in [-0.05, 0) is 25.5 Å². The van der Waals surface area contributed by atoms with Crippen LogP contribution in [-0.4, -0.2) is 52.6 Å². The van der Waals surface area contributed by atoms with Crippen LogP contribution in [0.25, 0.3) is 0 Å². The monoisotopic (exact) mass is 316 g/mol. The summed E-state index contributed by atoms with van der Waals surface area (Å²) in [6.07, 6.45) is 7.75. The normalized spacial score (nSPS) is 19.4. The van der Waals surface area contributed by atoms with Crippen molar-refractivity contribution in [3.63, 3.8) is 0 Å². The quantitative estimate of drug-likeness (QED) is 0.739. The highest BCUT2D eigenvalue weighted by Gasteiger charge is 2.41. The standard InChI is InChI=1S/C15H28N2O3S/c1-4-12(11-21-3)17(2)14(20)16-15(13(18)19)9-7-5-6-8-10-15/h12H,4-11H2,1-3H3,(H,16,20)(H,18,19). The van der Waals surface area contributed by atoms with Gasteiger partial charge in [0.25, 0.3) is 0 Å². The van der Waals surface area contributed by atoms with Crippen LogP contribution in [0.1, 0.15) is 51.9 Å². The topological polar surface area (TPSA) is 69.6 Å². The van der Waals surface area contributed by atoms with Crippen LogP contribution < -0.4 is 5.32 Å². The van der Waals surface area contributed by atoms with Gasteiger partial charge in [-0.25, -0.2) is 9.59 Å². The Bertz CT molecular complexity index is 355. The van der Waals surface area contributed by atoms with E-state index in [1.807, 2.05) is 13.2 Å². The molecule has 5 nitrogen and oxygen atoms in total. The SMILES string of the molecule is CCC(CSC)N(C)C(=O)NC1(C(=O)O)CCCCCC1. The minimum Gasteiger partial charge on any atom is -0.480 e. The Kier molecular flexibility index (Phi) is 7.35. The Balaban J connectivity index is 2.78. The number of rotatable bonds is 6. The van der Waals surface area contributed by atoms with Gasteiger partial charge in [0.2, 0.25) is 0 Å². The molecular formula is C15H28N2O3S. The lowest BCUT2D eigenvalue weighted by Crippen LogP contribution is -2.58. The van der Waals surface area contributed by atoms with Gasteiger partial charge in [-0.3, -0.25) is 0 Å². The second kappa shape index (κ2) is 8.51. The summed E-state index contributed by atoms with van der Waals surface area (Å²) in [6, 6.07) is -0.128. The first-order chi connectivity index (χ1) is 9.96. The highest BCUT2D eigenvalue weighted by molar-refractivity contribution is 7.98. The van der Waals surface area contributed by atoms with Gasteiger partial charge in [-0.15, -0.1) is 0 Å². The van der Waals surface area contributed by atoms with Crippen molar-refractivity contribution >= 4 is 23.8 Å². The summed E-state index contributed by atoms with van der Waals surface area (Å²) >= 11 is 1.70. The zero-order valence-corrected chi connectivity index (χ0v) is 14.2. The Morgan fingerprint density at radius 2 is 1.86 bits per heavy atom. The van der Waals surface area contributed by atoms with E-state index in [1.54, 1.807) is 23.7 Å². The summed E-state index contributed by atoms with van der Waals surface area (Å²) in [5.74, 6) is -0.0374. The lowest BCUT2D eigenvalue weighted by atomic mass is 9.90. The third kappa shape index (κ3) is 4.80. The predicted octanol–water partition coefficient (Wildman–Crippen LogP) is 2.95. The van der Waals surface area contributed by atoms with E-state index in [1.165, 1.54) is 0 Å². The number of hydrogen-bond donors (Lipinski definition) is 2. The number of carbonyl (C=O) groups is 2. The third-order valence-corrected chi connectivity index (χ3v) is 5.13. The largest absolute Gasteiger partial charge is 0.480 e. The van der Waals surface area contributed by atoms with Crippen LogP contribution in [0.2, 0.25) is 0 Å². The van der Waals surface area contributed by atoms with Crippen LogP contribution >= 0.6 is 11.8 Å². The van der Waals surface area contributed by atoms with Crippen molar-refractivity contribution in [1.29, 1.82) is 0 Å². The molecule has 21 heavy (non-hydrogen) atoms. The van der Waals surface area contributed by atoms with Crippen molar-refractivity contribution in [3.8, 4) is 0 Å². The number of aliphatic carboxylic acids is 1. The van der Waals surface area contributed by atoms with Crippen LogP contribution in [0.5, 0.6) is 0 Å². The summed E-state index contributed by atoms with van der Waals surface area (Å²) in [7, 11) is 1.76. The summed E-state index contributed by atoms with van der Waals surface area (Å²) in [5, 5.41) is 12.4. The average molecular weight is 316 g/mol. The van der Waals surface area contributed by atoms with Crippen molar-refractivity contribution in [1.82, 2.24) is 10.2 Å². The van der Waals surface area contributed by atoms with Crippen LogP contribution in [0.4, 0.5) is 4.79 Å². The maximum Gasteiger partial charge on any atom is 0.329 e. The molecule has 0 radical (unpaired) electrons. The fourth-order valence-electron chi connectivity index (χ4n) is 2.88. The molecule has 122 valence electrons. The highest BCUT2D eigenvalue weighted by atomic mass is 32.2. The van der Waals surface area contributed by atoms with E-state index in [4.69, 9.17) is 0 Å². The maximum absolute atomic E-state index is 12.5. The summed E-state index contributed by atoms with van der Waals surface area (Å²) < 4.78 is 0. The molecule has 0 bridgehead atoms. The molecule has 1 saturated carbocycles. The number of carboxylic acids is 1. The summed E-state index contributed by atoms with van der Waals surface area (Å²) in [6.45, 7) is 2.04. The van der Waals surface area contributed by atoms with Crippen molar-refractivity contribution < 1.29 is 14.7 Å². The fourth-order valence-corrected chi connectivity index (χ4v) is 3.72. The van der Waals surface area contributed by atoms with E-state index in [9.17, 15) is 14.7 Å². The molecule has 0 aromatic carbocycles. The third-order valence-electron chi connectivity index (χ3n) is 4.41. The molecule has 0 aromatic heterocycles. The van der Waals surface area contributed by atoms with Crippen molar-refractivity contribution in [3.05, 3.63) is 0 Å². The second-order valence-corrected chi connectivity index (χ2v) is 6.77. The molecule has 0 aliphatic heterocycles. The number of nitrogens with one attached hydrogen (secondary N) is 1. The Labute approximate surface area is 131 Å². The lowest BCUT2D eigenvalue weighted by Gasteiger charge is -2.34. The Morgan fingerprint density at radius 1 is 1.29 bits per heavy atom. The van der Waals surface area contributed by atoms with Gasteiger partial charge in [0, 0.05) is 18.8 Å². The molecule has 0 spiro atoms. The first-order valence-electron chi connectivity index (χ1n) is 7.74. The number of carbonyl (C=O) groups excluding carboxylic acids is 1. The lowest BCUT2D eigenvalue weighted by molar-refractivity contribution is -0.145. The number of urea groups is 1. The highest BCUT2D eigenvalue weighted by Crippen LogP contribution is 2.28. The zero-order valence-electron chi connectivity index (χ0n) is 13.4. The molecular weight excluding hydrogens is 288 g/mol. The molecule has 1 aliphatic rings. The number of carboxylic acid groups (broad SMARTS) is 1. The molecule has 0 aromatic rings. The zero-order chi connectivity index (χ0) is 15.9. The van der Waals surface area contributed by atoms with Gasteiger partial charge in [0.1, 0.15) is 5.54 Å². The van der Waals surface area contributed by atoms with Crippen molar-refractivity contribution in [2.75, 3.05) is 19.1 Å². The average Bonchev–Trinajstić information content (AvgIpc) is 2.70. The van der Waals surface area contributed by atoms with E-state index < -0.39 is 11.5 Å². The Morgan fingerprint density at radius 3 is 2.29 bits per heavy atom. The molecule has 2 N–H and O–H groups in total. The number of hydrogen-bond acceptors (Lipinski definition) is 3. The van der Waals surface area contributed by atoms with Gasteiger partial charge in [-0.1, -0.05) is 32.6 Å². The number of amides is 2. The number of nitrogens with zero attached hydrogens (tertiary/aromatic N) is 1. The molecule has 6 heteroatoms. The molecule has 0 heterocycles. The van der Waals surface area contributed by atoms with E-state index in [-0.39, 0.29) is 12.1 Å². The first kappa shape index (κ1) is 18.1. The minimum atomic E-state index is -1.08. The molecule has 1 fully saturated rings. The van der Waals surface area contributed by atoms with E-state index in [0.29, 0.717) is 12.8 Å². The van der Waals surface area contributed by atoms with Gasteiger partial charge < -0.3 is 15.3 Å². The molecule has 1 atom stereocenters. The van der Waals surface area contributed by atoms with Crippen molar-refractivity contribution in [2.45, 2.75) is 63.5 Å².